The van der Waals surface area contributed by atoms with E-state index in [1.807, 2.05) is 48.5 Å². The summed E-state index contributed by atoms with van der Waals surface area (Å²) in [5.41, 5.74) is 4.07. The van der Waals surface area contributed by atoms with Crippen LogP contribution in [0.2, 0.25) is 0 Å². The number of hydrogen-bond donors (Lipinski definition) is 1. The standard InChI is InChI=1S/C28H35N5O3/c1-32-13-15-33(16-14-32)12-6-11-29-28(34)24-18-21(9-10-27(24)36-3)17-22-19-25(31-20-30-22)23-7-4-5-8-26(23)35-2/h4-5,7-10,18-20H,6,11-17H2,1-3H3,(H,29,34). The number of para-hydroxylation sites is 1. The van der Waals surface area contributed by atoms with Gasteiger partial charge < -0.3 is 24.6 Å². The highest BCUT2D eigenvalue weighted by atomic mass is 16.5. The highest BCUT2D eigenvalue weighted by Gasteiger charge is 2.16. The van der Waals surface area contributed by atoms with E-state index in [0.29, 0.717) is 24.3 Å². The van der Waals surface area contributed by atoms with Gasteiger partial charge in [-0.1, -0.05) is 18.2 Å². The number of amides is 1. The van der Waals surface area contributed by atoms with Crippen LogP contribution in [0.15, 0.2) is 54.9 Å². The van der Waals surface area contributed by atoms with Crippen molar-refractivity contribution in [1.82, 2.24) is 25.1 Å². The predicted molar refractivity (Wildman–Crippen MR) is 141 cm³/mol. The SMILES string of the molecule is COc1ccc(Cc2cc(-c3ccccc3OC)ncn2)cc1C(=O)NCCCN1CCN(C)CC1. The minimum atomic E-state index is -0.121. The summed E-state index contributed by atoms with van der Waals surface area (Å²) in [5, 5.41) is 3.06. The quantitative estimate of drug-likeness (QED) is 0.439. The molecule has 1 aromatic heterocycles. The highest BCUT2D eigenvalue weighted by Crippen LogP contribution is 2.28. The van der Waals surface area contributed by atoms with Gasteiger partial charge in [-0.2, -0.15) is 0 Å². The van der Waals surface area contributed by atoms with Gasteiger partial charge in [0.1, 0.15) is 17.8 Å². The zero-order valence-electron chi connectivity index (χ0n) is 21.4. The van der Waals surface area contributed by atoms with Crippen molar-refractivity contribution < 1.29 is 14.3 Å². The molecule has 8 nitrogen and oxygen atoms in total. The fourth-order valence-corrected chi connectivity index (χ4v) is 4.42. The van der Waals surface area contributed by atoms with E-state index in [4.69, 9.17) is 9.47 Å². The third-order valence-corrected chi connectivity index (χ3v) is 6.53. The number of benzene rings is 2. The van der Waals surface area contributed by atoms with Crippen molar-refractivity contribution in [2.75, 3.05) is 60.5 Å². The molecule has 8 heteroatoms. The van der Waals surface area contributed by atoms with Crippen molar-refractivity contribution in [3.05, 3.63) is 71.7 Å². The summed E-state index contributed by atoms with van der Waals surface area (Å²) in [6, 6.07) is 15.4. The zero-order chi connectivity index (χ0) is 25.3. The smallest absolute Gasteiger partial charge is 0.255 e. The van der Waals surface area contributed by atoms with Gasteiger partial charge in [-0.3, -0.25) is 4.79 Å². The second-order valence-corrected chi connectivity index (χ2v) is 9.06. The molecular weight excluding hydrogens is 454 g/mol. The van der Waals surface area contributed by atoms with Crippen molar-refractivity contribution in [2.24, 2.45) is 0 Å². The van der Waals surface area contributed by atoms with Crippen molar-refractivity contribution in [3.63, 3.8) is 0 Å². The number of piperazine rings is 1. The van der Waals surface area contributed by atoms with Crippen LogP contribution >= 0.6 is 0 Å². The minimum Gasteiger partial charge on any atom is -0.496 e. The molecule has 3 aromatic rings. The summed E-state index contributed by atoms with van der Waals surface area (Å²) in [6.07, 6.45) is 3.05. The average molecular weight is 490 g/mol. The Balaban J connectivity index is 1.40. The van der Waals surface area contributed by atoms with Crippen molar-refractivity contribution in [1.29, 1.82) is 0 Å². The van der Waals surface area contributed by atoms with Gasteiger partial charge in [-0.15, -0.1) is 0 Å². The van der Waals surface area contributed by atoms with Crippen LogP contribution < -0.4 is 14.8 Å². The maximum Gasteiger partial charge on any atom is 0.255 e. The summed E-state index contributed by atoms with van der Waals surface area (Å²) in [7, 11) is 5.39. The normalized spacial score (nSPS) is 14.4. The van der Waals surface area contributed by atoms with E-state index >= 15 is 0 Å². The van der Waals surface area contributed by atoms with E-state index in [-0.39, 0.29) is 5.91 Å². The molecular formula is C28H35N5O3. The van der Waals surface area contributed by atoms with Gasteiger partial charge >= 0.3 is 0 Å². The number of methoxy groups -OCH3 is 2. The summed E-state index contributed by atoms with van der Waals surface area (Å²) < 4.78 is 11.0. The molecule has 2 heterocycles. The van der Waals surface area contributed by atoms with Crippen molar-refractivity contribution in [3.8, 4) is 22.8 Å². The fourth-order valence-electron chi connectivity index (χ4n) is 4.42. The van der Waals surface area contributed by atoms with Crippen molar-refractivity contribution in [2.45, 2.75) is 12.8 Å². The Morgan fingerprint density at radius 1 is 0.972 bits per heavy atom. The Morgan fingerprint density at radius 2 is 1.75 bits per heavy atom. The molecule has 1 aliphatic heterocycles. The molecule has 0 unspecified atom stereocenters. The van der Waals surface area contributed by atoms with E-state index in [9.17, 15) is 4.79 Å². The van der Waals surface area contributed by atoms with Crippen LogP contribution in [0.5, 0.6) is 11.5 Å². The van der Waals surface area contributed by atoms with E-state index in [1.54, 1.807) is 20.5 Å². The molecule has 0 saturated carbocycles. The molecule has 0 bridgehead atoms. The molecule has 1 saturated heterocycles. The van der Waals surface area contributed by atoms with Gasteiger partial charge in [-0.05, 0) is 55.9 Å². The molecule has 2 aromatic carbocycles. The van der Waals surface area contributed by atoms with E-state index in [1.165, 1.54) is 0 Å². The maximum absolute atomic E-state index is 13.0. The van der Waals surface area contributed by atoms with Gasteiger partial charge in [0.2, 0.25) is 0 Å². The van der Waals surface area contributed by atoms with Gasteiger partial charge in [0.25, 0.3) is 5.91 Å². The highest BCUT2D eigenvalue weighted by molar-refractivity contribution is 5.97. The molecule has 1 aliphatic rings. The summed E-state index contributed by atoms with van der Waals surface area (Å²) in [5.74, 6) is 1.20. The molecule has 0 spiro atoms. The summed E-state index contributed by atoms with van der Waals surface area (Å²) >= 11 is 0. The number of carbonyl (C=O) groups is 1. The predicted octanol–water partition coefficient (Wildman–Crippen LogP) is 3.12. The van der Waals surface area contributed by atoms with Crippen LogP contribution in [0.4, 0.5) is 0 Å². The first-order chi connectivity index (χ1) is 17.6. The van der Waals surface area contributed by atoms with Gasteiger partial charge in [0.05, 0.1) is 25.5 Å². The number of nitrogens with zero attached hydrogens (tertiary/aromatic N) is 4. The van der Waals surface area contributed by atoms with E-state index in [0.717, 1.165) is 67.4 Å². The monoisotopic (exact) mass is 489 g/mol. The number of carbonyl (C=O) groups excluding carboxylic acids is 1. The van der Waals surface area contributed by atoms with E-state index in [2.05, 4.69) is 32.1 Å². The molecule has 4 rings (SSSR count). The van der Waals surface area contributed by atoms with Crippen LogP contribution in [0, 0.1) is 0 Å². The van der Waals surface area contributed by atoms with Gasteiger partial charge in [-0.25, -0.2) is 9.97 Å². The Morgan fingerprint density at radius 3 is 2.53 bits per heavy atom. The Hall–Kier alpha value is -3.49. The van der Waals surface area contributed by atoms with Gasteiger partial charge in [0, 0.05) is 50.4 Å². The molecule has 0 radical (unpaired) electrons. The number of rotatable bonds is 10. The Kier molecular flexibility index (Phi) is 8.86. The summed E-state index contributed by atoms with van der Waals surface area (Å²) in [4.78, 5) is 26.7. The maximum atomic E-state index is 13.0. The first-order valence-electron chi connectivity index (χ1n) is 12.4. The lowest BCUT2D eigenvalue weighted by molar-refractivity contribution is 0.0946. The lowest BCUT2D eigenvalue weighted by atomic mass is 10.0. The molecule has 1 amide bonds. The molecule has 0 atom stereocenters. The van der Waals surface area contributed by atoms with Crippen LogP contribution in [0.1, 0.15) is 28.0 Å². The lowest BCUT2D eigenvalue weighted by Gasteiger charge is -2.32. The third kappa shape index (κ3) is 6.59. The molecule has 1 N–H and O–H groups in total. The second kappa shape index (κ2) is 12.5. The van der Waals surface area contributed by atoms with Crippen molar-refractivity contribution >= 4 is 5.91 Å². The molecule has 190 valence electrons. The van der Waals surface area contributed by atoms with Crippen LogP contribution in [0.3, 0.4) is 0 Å². The number of hydrogen-bond acceptors (Lipinski definition) is 7. The minimum absolute atomic E-state index is 0.121. The third-order valence-electron chi connectivity index (χ3n) is 6.53. The molecule has 36 heavy (non-hydrogen) atoms. The number of likely N-dealkylation sites (N-methyl/N-ethyl adjacent to an activating group) is 1. The van der Waals surface area contributed by atoms with E-state index < -0.39 is 0 Å². The first-order valence-corrected chi connectivity index (χ1v) is 12.4. The Bertz CT molecular complexity index is 1160. The van der Waals surface area contributed by atoms with Crippen LogP contribution in [0.25, 0.3) is 11.3 Å². The van der Waals surface area contributed by atoms with Crippen LogP contribution in [-0.4, -0.2) is 86.2 Å². The number of nitrogens with one attached hydrogen (secondary N) is 1. The second-order valence-electron chi connectivity index (χ2n) is 9.06. The van der Waals surface area contributed by atoms with Gasteiger partial charge in [0.15, 0.2) is 0 Å². The number of aromatic nitrogens is 2. The lowest BCUT2D eigenvalue weighted by Crippen LogP contribution is -2.45. The topological polar surface area (TPSA) is 79.8 Å². The molecule has 0 aliphatic carbocycles. The summed E-state index contributed by atoms with van der Waals surface area (Å²) in [6.45, 7) is 6.00. The largest absolute Gasteiger partial charge is 0.496 e. The number of ether oxygens (including phenoxy) is 2. The average Bonchev–Trinajstić information content (AvgIpc) is 2.92. The fraction of sp³-hybridized carbons (Fsp3) is 0.393. The Labute approximate surface area is 213 Å². The zero-order valence-corrected chi connectivity index (χ0v) is 21.4. The molecule has 1 fully saturated rings. The first kappa shape index (κ1) is 25.6. The van der Waals surface area contributed by atoms with Crippen LogP contribution in [-0.2, 0) is 6.42 Å².